The van der Waals surface area contributed by atoms with Gasteiger partial charge in [-0.3, -0.25) is 6.42 Å². The van der Waals surface area contributed by atoms with Crippen LogP contribution in [0.1, 0.15) is 6.92 Å². The largest absolute Gasteiger partial charge is 0.416 e. The van der Waals surface area contributed by atoms with Crippen LogP contribution >= 0.6 is 0 Å². The van der Waals surface area contributed by atoms with Gasteiger partial charge in [-0.05, 0) is 17.6 Å². The fraction of sp³-hybridized carbons (Fsp3) is 0.857. The first-order chi connectivity index (χ1) is 6.27. The fourth-order valence-corrected chi connectivity index (χ4v) is 1.38. The first kappa shape index (κ1) is 14.4. The van der Waals surface area contributed by atoms with Gasteiger partial charge >= 0.3 is 0 Å². The summed E-state index contributed by atoms with van der Waals surface area (Å²) in [5.41, 5.74) is 8.05. The maximum Gasteiger partial charge on any atom is 0.153 e. The van der Waals surface area contributed by atoms with Crippen molar-refractivity contribution in [2.45, 2.75) is 19.0 Å². The van der Waals surface area contributed by atoms with Gasteiger partial charge in [0.05, 0.1) is 0 Å². The van der Waals surface area contributed by atoms with E-state index in [0.29, 0.717) is 6.44 Å². The zero-order valence-corrected chi connectivity index (χ0v) is 10.9. The minimum Gasteiger partial charge on any atom is -0.416 e. The molecule has 1 aliphatic heterocycles. The molecule has 7 heteroatoms. The van der Waals surface area contributed by atoms with E-state index in [1.807, 2.05) is 20.6 Å². The topological polar surface area (TPSA) is 78.2 Å². The Morgan fingerprint density at radius 2 is 2.43 bits per heavy atom. The van der Waals surface area contributed by atoms with E-state index in [1.165, 1.54) is 0 Å². The van der Waals surface area contributed by atoms with Gasteiger partial charge in [0.2, 0.25) is 0 Å². The van der Waals surface area contributed by atoms with E-state index < -0.39 is 0 Å². The Labute approximate surface area is 109 Å². The molecular formula is C7H12BN3O2Y-. The molecule has 3 unspecified atom stereocenters. The molecule has 74 valence electrons. The Bertz CT molecular complexity index is 213. The quantitative estimate of drug-likeness (QED) is 0.265. The third-order valence-corrected chi connectivity index (χ3v) is 2.03. The predicted molar refractivity (Wildman–Crippen MR) is 49.0 cm³/mol. The number of hydrogen-bond acceptors (Lipinski definition) is 3. The van der Waals surface area contributed by atoms with Crippen molar-refractivity contribution < 1.29 is 42.6 Å². The van der Waals surface area contributed by atoms with Crippen LogP contribution < -0.4 is 0 Å². The van der Waals surface area contributed by atoms with Gasteiger partial charge in [-0.2, -0.15) is 0 Å². The number of azide groups is 1. The van der Waals surface area contributed by atoms with Crippen molar-refractivity contribution in [1.82, 2.24) is 0 Å². The molecule has 3 atom stereocenters. The molecule has 0 aromatic heterocycles. The molecule has 0 saturated carbocycles. The molecule has 5 nitrogen and oxygen atoms in total. The van der Waals surface area contributed by atoms with Gasteiger partial charge in [0, 0.05) is 50.7 Å². The second-order valence-electron chi connectivity index (χ2n) is 3.02. The van der Waals surface area contributed by atoms with Crippen LogP contribution in [0.5, 0.6) is 0 Å². The van der Waals surface area contributed by atoms with Gasteiger partial charge in [0.1, 0.15) is 0 Å². The molecule has 0 amide bonds. The molecular weight excluding hydrogens is 258 g/mol. The Morgan fingerprint density at radius 3 is 2.93 bits per heavy atom. The van der Waals surface area contributed by atoms with Crippen LogP contribution in [0, 0.1) is 12.3 Å². The van der Waals surface area contributed by atoms with Crippen molar-refractivity contribution in [2.24, 2.45) is 11.0 Å². The van der Waals surface area contributed by atoms with Crippen molar-refractivity contribution in [1.29, 1.82) is 0 Å². The van der Waals surface area contributed by atoms with Gasteiger partial charge in [-0.1, -0.05) is 6.92 Å². The maximum absolute atomic E-state index is 8.82. The molecule has 0 spiro atoms. The maximum atomic E-state index is 8.82. The van der Waals surface area contributed by atoms with Crippen LogP contribution in [0.4, 0.5) is 0 Å². The molecule has 1 heterocycles. The molecule has 0 bridgehead atoms. The molecule has 1 N–H and O–H groups in total. The van der Waals surface area contributed by atoms with E-state index >= 15 is 0 Å². The Balaban J connectivity index is 0.00000169. The second-order valence-corrected chi connectivity index (χ2v) is 3.02. The SMILES string of the molecule is CC1[CH-]C(CO)OC1[B]CN=[N+]=[N-].[Y]. The van der Waals surface area contributed by atoms with Crippen LogP contribution in [-0.2, 0) is 37.4 Å². The minimum absolute atomic E-state index is 0. The van der Waals surface area contributed by atoms with Gasteiger partial charge < -0.3 is 9.84 Å². The van der Waals surface area contributed by atoms with E-state index in [0.717, 1.165) is 0 Å². The van der Waals surface area contributed by atoms with Crippen LogP contribution in [0.3, 0.4) is 0 Å². The summed E-state index contributed by atoms with van der Waals surface area (Å²) >= 11 is 0. The monoisotopic (exact) mass is 270 g/mol. The molecule has 2 radical (unpaired) electrons. The standard InChI is InChI=1S/C7H12BN3O2.Y/c1-5-2-6(3-12)13-7(5)8-4-10-11-9;/h2,5-7,12H,3-4H2,1H3;/q-1;. The van der Waals surface area contributed by atoms with Crippen LogP contribution in [-0.4, -0.2) is 37.5 Å². The van der Waals surface area contributed by atoms with Crippen LogP contribution in [0.25, 0.3) is 10.4 Å². The zero-order valence-electron chi connectivity index (χ0n) is 8.08. The van der Waals surface area contributed by atoms with E-state index in [9.17, 15) is 0 Å². The molecule has 1 aliphatic rings. The minimum atomic E-state index is -0.178. The number of hydrogen-bond donors (Lipinski definition) is 1. The number of aliphatic hydroxyl groups is 1. The molecule has 0 aromatic carbocycles. The smallest absolute Gasteiger partial charge is 0.153 e. The van der Waals surface area contributed by atoms with Gasteiger partial charge in [-0.15, -0.1) is 11.0 Å². The molecule has 0 aromatic rings. The van der Waals surface area contributed by atoms with E-state index in [4.69, 9.17) is 15.4 Å². The summed E-state index contributed by atoms with van der Waals surface area (Å²) in [7, 11) is 1.82. The zero-order chi connectivity index (χ0) is 9.68. The Hall–Kier alpha value is 0.399. The third kappa shape index (κ3) is 4.28. The van der Waals surface area contributed by atoms with Gasteiger partial charge in [-0.25, -0.2) is 0 Å². The number of aliphatic hydroxyl groups excluding tert-OH is 1. The number of ether oxygens (including phenoxy) is 1. The first-order valence-electron chi connectivity index (χ1n) is 4.23. The summed E-state index contributed by atoms with van der Waals surface area (Å²) in [5.74, 6) is 0.269. The van der Waals surface area contributed by atoms with Gasteiger partial charge in [0.25, 0.3) is 0 Å². The molecule has 1 saturated heterocycles. The average molecular weight is 270 g/mol. The summed E-state index contributed by atoms with van der Waals surface area (Å²) < 4.78 is 5.42. The number of nitrogens with zero attached hydrogens (tertiary/aromatic N) is 3. The summed E-state index contributed by atoms with van der Waals surface area (Å²) in [6, 6.07) is -0.0392. The van der Waals surface area contributed by atoms with Crippen LogP contribution in [0.2, 0.25) is 0 Å². The average Bonchev–Trinajstić information content (AvgIpc) is 2.48. The number of rotatable bonds is 4. The van der Waals surface area contributed by atoms with Gasteiger partial charge in [0.15, 0.2) is 7.28 Å². The van der Waals surface area contributed by atoms with Crippen molar-refractivity contribution in [3.05, 3.63) is 16.9 Å². The van der Waals surface area contributed by atoms with Crippen molar-refractivity contribution in [3.63, 3.8) is 0 Å². The molecule has 14 heavy (non-hydrogen) atoms. The van der Waals surface area contributed by atoms with E-state index in [-0.39, 0.29) is 57.3 Å². The van der Waals surface area contributed by atoms with Crippen molar-refractivity contribution >= 4 is 7.28 Å². The predicted octanol–water partition coefficient (Wildman–Crippen LogP) is 0.513. The first-order valence-corrected chi connectivity index (χ1v) is 4.23. The molecule has 1 fully saturated rings. The Morgan fingerprint density at radius 1 is 1.71 bits per heavy atom. The van der Waals surface area contributed by atoms with Crippen LogP contribution in [0.15, 0.2) is 5.11 Å². The van der Waals surface area contributed by atoms with E-state index in [2.05, 4.69) is 10.0 Å². The van der Waals surface area contributed by atoms with Crippen molar-refractivity contribution in [2.75, 3.05) is 13.1 Å². The fourth-order valence-electron chi connectivity index (χ4n) is 1.38. The molecule has 1 rings (SSSR count). The van der Waals surface area contributed by atoms with E-state index in [1.54, 1.807) is 0 Å². The second kappa shape index (κ2) is 7.66. The summed E-state index contributed by atoms with van der Waals surface area (Å²) in [5, 5.41) is 12.2. The Kier molecular flexibility index (Phi) is 7.88. The molecule has 0 aliphatic carbocycles. The summed E-state index contributed by atoms with van der Waals surface area (Å²) in [4.78, 5) is 2.64. The summed E-state index contributed by atoms with van der Waals surface area (Å²) in [6.07, 6.45) is 2.11. The normalized spacial score (nSPS) is 30.3. The van der Waals surface area contributed by atoms with Crippen molar-refractivity contribution in [3.8, 4) is 0 Å². The summed E-state index contributed by atoms with van der Waals surface area (Å²) in [6.45, 7) is 2.02. The third-order valence-electron chi connectivity index (χ3n) is 2.03.